The van der Waals surface area contributed by atoms with Crippen LogP contribution in [0.3, 0.4) is 0 Å². The molecule has 1 heterocycles. The van der Waals surface area contributed by atoms with E-state index in [1.54, 1.807) is 6.07 Å². The summed E-state index contributed by atoms with van der Waals surface area (Å²) in [6, 6.07) is 12.1. The van der Waals surface area contributed by atoms with Gasteiger partial charge in [0.2, 0.25) is 0 Å². The SMILES string of the molecule is Cc1ccc(C(=O)O)c2c1N[C@H](c1ccccc1Br)[C@H]1CC=C[C@@H]21. The zero-order valence-electron chi connectivity index (χ0n) is 13.3. The largest absolute Gasteiger partial charge is 0.478 e. The number of allylic oxidation sites excluding steroid dienone is 2. The molecule has 2 aromatic rings. The minimum absolute atomic E-state index is 0.143. The fourth-order valence-corrected chi connectivity index (χ4v) is 4.61. The molecule has 0 saturated carbocycles. The van der Waals surface area contributed by atoms with Crippen LogP contribution in [-0.2, 0) is 0 Å². The van der Waals surface area contributed by atoms with E-state index in [9.17, 15) is 9.90 Å². The molecular formula is C20H18BrNO2. The van der Waals surface area contributed by atoms with E-state index < -0.39 is 5.97 Å². The Bertz CT molecular complexity index is 859. The molecule has 0 fully saturated rings. The van der Waals surface area contributed by atoms with Crippen molar-refractivity contribution in [3.8, 4) is 0 Å². The lowest BCUT2D eigenvalue weighted by Gasteiger charge is -2.39. The number of anilines is 1. The lowest BCUT2D eigenvalue weighted by Crippen LogP contribution is -2.31. The van der Waals surface area contributed by atoms with Crippen LogP contribution in [0, 0.1) is 12.8 Å². The van der Waals surface area contributed by atoms with Crippen molar-refractivity contribution in [2.45, 2.75) is 25.3 Å². The maximum Gasteiger partial charge on any atom is 0.336 e. The third-order valence-corrected chi connectivity index (χ3v) is 5.92. The topological polar surface area (TPSA) is 49.3 Å². The number of halogens is 1. The molecular weight excluding hydrogens is 366 g/mol. The van der Waals surface area contributed by atoms with Gasteiger partial charge in [-0.05, 0) is 48.1 Å². The summed E-state index contributed by atoms with van der Waals surface area (Å²) < 4.78 is 1.09. The fraction of sp³-hybridized carbons (Fsp3) is 0.250. The van der Waals surface area contributed by atoms with E-state index in [2.05, 4.69) is 51.6 Å². The number of hydrogen-bond donors (Lipinski definition) is 2. The summed E-state index contributed by atoms with van der Waals surface area (Å²) >= 11 is 3.67. The van der Waals surface area contributed by atoms with E-state index in [1.165, 1.54) is 5.56 Å². The van der Waals surface area contributed by atoms with E-state index in [0.717, 1.165) is 27.7 Å². The maximum atomic E-state index is 11.7. The van der Waals surface area contributed by atoms with Crippen LogP contribution in [0.4, 0.5) is 5.69 Å². The Morgan fingerprint density at radius 2 is 2.04 bits per heavy atom. The molecule has 2 aromatic carbocycles. The average molecular weight is 384 g/mol. The first-order chi connectivity index (χ1) is 11.6. The van der Waals surface area contributed by atoms with Crippen LogP contribution < -0.4 is 5.32 Å². The smallest absolute Gasteiger partial charge is 0.336 e. The van der Waals surface area contributed by atoms with Gasteiger partial charge in [0.15, 0.2) is 0 Å². The molecule has 3 atom stereocenters. The van der Waals surface area contributed by atoms with Crippen molar-refractivity contribution in [2.75, 3.05) is 5.32 Å². The van der Waals surface area contributed by atoms with Gasteiger partial charge in [-0.3, -0.25) is 0 Å². The van der Waals surface area contributed by atoms with Gasteiger partial charge in [0.1, 0.15) is 0 Å². The van der Waals surface area contributed by atoms with Gasteiger partial charge >= 0.3 is 5.97 Å². The van der Waals surface area contributed by atoms with Gasteiger partial charge in [0, 0.05) is 16.1 Å². The molecule has 0 spiro atoms. The van der Waals surface area contributed by atoms with Crippen LogP contribution in [0.2, 0.25) is 0 Å². The molecule has 0 bridgehead atoms. The van der Waals surface area contributed by atoms with Gasteiger partial charge in [-0.2, -0.15) is 0 Å². The van der Waals surface area contributed by atoms with Crippen LogP contribution in [0.25, 0.3) is 0 Å². The van der Waals surface area contributed by atoms with Gasteiger partial charge in [0.05, 0.1) is 11.6 Å². The number of aryl methyl sites for hydroxylation is 1. The molecule has 0 unspecified atom stereocenters. The van der Waals surface area contributed by atoms with Crippen molar-refractivity contribution in [1.82, 2.24) is 0 Å². The Morgan fingerprint density at radius 1 is 1.25 bits per heavy atom. The molecule has 2 aliphatic rings. The minimum atomic E-state index is -0.855. The van der Waals surface area contributed by atoms with Crippen LogP contribution in [-0.4, -0.2) is 11.1 Å². The molecule has 4 rings (SSSR count). The van der Waals surface area contributed by atoms with E-state index in [4.69, 9.17) is 0 Å². The maximum absolute atomic E-state index is 11.7. The number of rotatable bonds is 2. The van der Waals surface area contributed by atoms with E-state index in [-0.39, 0.29) is 12.0 Å². The second kappa shape index (κ2) is 5.78. The standard InChI is InChI=1S/C20H18BrNO2/c1-11-9-10-15(20(23)24)17-12-6-4-7-13(12)19(22-18(11)17)14-5-2-3-8-16(14)21/h2-6,8-10,12-13,19,22H,7H2,1H3,(H,23,24)/t12-,13+,19+/m1/s1. The van der Waals surface area contributed by atoms with Crippen LogP contribution in [0.1, 0.15) is 45.4 Å². The summed E-state index contributed by atoms with van der Waals surface area (Å²) in [4.78, 5) is 11.7. The highest BCUT2D eigenvalue weighted by Gasteiger charge is 2.40. The Morgan fingerprint density at radius 3 is 2.79 bits per heavy atom. The molecule has 4 heteroatoms. The molecule has 1 aliphatic carbocycles. The van der Waals surface area contributed by atoms with Gasteiger partial charge in [-0.25, -0.2) is 4.79 Å². The monoisotopic (exact) mass is 383 g/mol. The summed E-state index contributed by atoms with van der Waals surface area (Å²) in [5.41, 5.74) is 4.64. The summed E-state index contributed by atoms with van der Waals surface area (Å²) in [6.07, 6.45) is 5.32. The molecule has 0 amide bonds. The highest BCUT2D eigenvalue weighted by Crippen LogP contribution is 2.52. The van der Waals surface area contributed by atoms with Crippen molar-refractivity contribution < 1.29 is 9.90 Å². The number of fused-ring (bicyclic) bond motifs is 3. The van der Waals surface area contributed by atoms with E-state index >= 15 is 0 Å². The molecule has 2 N–H and O–H groups in total. The van der Waals surface area contributed by atoms with Gasteiger partial charge in [0.25, 0.3) is 0 Å². The quantitative estimate of drug-likeness (QED) is 0.693. The third kappa shape index (κ3) is 2.28. The number of carboxylic acid groups (broad SMARTS) is 1. The van der Waals surface area contributed by atoms with Crippen molar-refractivity contribution in [3.05, 3.63) is 75.3 Å². The zero-order valence-corrected chi connectivity index (χ0v) is 14.9. The van der Waals surface area contributed by atoms with E-state index in [1.807, 2.05) is 19.1 Å². The lowest BCUT2D eigenvalue weighted by atomic mass is 9.75. The third-order valence-electron chi connectivity index (χ3n) is 5.20. The normalized spacial score (nSPS) is 24.2. The van der Waals surface area contributed by atoms with Gasteiger partial charge in [-0.15, -0.1) is 0 Å². The molecule has 0 aromatic heterocycles. The Kier molecular flexibility index (Phi) is 3.72. The lowest BCUT2D eigenvalue weighted by molar-refractivity contribution is 0.0695. The first kappa shape index (κ1) is 15.5. The van der Waals surface area contributed by atoms with Crippen molar-refractivity contribution in [1.29, 1.82) is 0 Å². The second-order valence-electron chi connectivity index (χ2n) is 6.52. The first-order valence-electron chi connectivity index (χ1n) is 8.12. The Balaban J connectivity index is 1.90. The van der Waals surface area contributed by atoms with Crippen molar-refractivity contribution in [2.24, 2.45) is 5.92 Å². The predicted octanol–water partition coefficient (Wildman–Crippen LogP) is 5.28. The molecule has 1 aliphatic heterocycles. The van der Waals surface area contributed by atoms with Crippen LogP contribution in [0.15, 0.2) is 53.0 Å². The Hall–Kier alpha value is -2.07. The molecule has 0 saturated heterocycles. The van der Waals surface area contributed by atoms with Crippen LogP contribution in [0.5, 0.6) is 0 Å². The zero-order chi connectivity index (χ0) is 16.8. The number of carbonyl (C=O) groups is 1. The minimum Gasteiger partial charge on any atom is -0.478 e. The number of carboxylic acids is 1. The predicted molar refractivity (Wildman–Crippen MR) is 98.6 cm³/mol. The highest BCUT2D eigenvalue weighted by molar-refractivity contribution is 9.10. The van der Waals surface area contributed by atoms with E-state index in [0.29, 0.717) is 11.5 Å². The molecule has 3 nitrogen and oxygen atoms in total. The molecule has 0 radical (unpaired) electrons. The van der Waals surface area contributed by atoms with Gasteiger partial charge < -0.3 is 10.4 Å². The second-order valence-corrected chi connectivity index (χ2v) is 7.38. The van der Waals surface area contributed by atoms with Crippen molar-refractivity contribution >= 4 is 27.6 Å². The summed E-state index contributed by atoms with van der Waals surface area (Å²) in [7, 11) is 0. The number of nitrogens with one attached hydrogen (secondary N) is 1. The Labute approximate surface area is 149 Å². The van der Waals surface area contributed by atoms with Gasteiger partial charge in [-0.1, -0.05) is 52.3 Å². The number of benzene rings is 2. The number of aromatic carboxylic acids is 1. The average Bonchev–Trinajstić information content (AvgIpc) is 3.05. The first-order valence-corrected chi connectivity index (χ1v) is 8.91. The van der Waals surface area contributed by atoms with Crippen LogP contribution >= 0.6 is 15.9 Å². The molecule has 24 heavy (non-hydrogen) atoms. The van der Waals surface area contributed by atoms with Crippen molar-refractivity contribution in [3.63, 3.8) is 0 Å². The summed E-state index contributed by atoms with van der Waals surface area (Å²) in [5, 5.41) is 13.3. The molecule has 122 valence electrons. The summed E-state index contributed by atoms with van der Waals surface area (Å²) in [6.45, 7) is 2.04. The summed E-state index contributed by atoms with van der Waals surface area (Å²) in [5.74, 6) is -0.383. The number of hydrogen-bond acceptors (Lipinski definition) is 2. The highest BCUT2D eigenvalue weighted by atomic mass is 79.9. The fourth-order valence-electron chi connectivity index (χ4n) is 4.08.